The number of hydrogen-bond acceptors (Lipinski definition) is 4. The molecular formula is C49H46N4O. The summed E-state index contributed by atoms with van der Waals surface area (Å²) in [5, 5.41) is 0. The minimum atomic E-state index is 0.100. The first-order chi connectivity index (χ1) is 26.5. The quantitative estimate of drug-likeness (QED) is 0.0601. The van der Waals surface area contributed by atoms with Gasteiger partial charge < -0.3 is 14.2 Å². The normalized spacial score (nSPS) is 18.0. The molecule has 54 heavy (non-hydrogen) atoms. The Morgan fingerprint density at radius 3 is 2.65 bits per heavy atom. The molecule has 2 unspecified atom stereocenters. The average Bonchev–Trinajstić information content (AvgIpc) is 3.77. The molecular weight excluding hydrogens is 661 g/mol. The summed E-state index contributed by atoms with van der Waals surface area (Å²) < 4.78 is 7.97. The zero-order valence-corrected chi connectivity index (χ0v) is 31.2. The fourth-order valence-corrected chi connectivity index (χ4v) is 7.56. The molecule has 1 aromatic carbocycles. The number of aryl methyl sites for hydroxylation is 1. The third-order valence-corrected chi connectivity index (χ3v) is 10.2. The number of aromatic nitrogens is 3. The first-order valence-electron chi connectivity index (χ1n) is 18.8. The Balaban J connectivity index is 1.19. The minimum Gasteiger partial charge on any atom is -0.408 e. The van der Waals surface area contributed by atoms with E-state index in [0.717, 1.165) is 77.1 Å². The third-order valence-electron chi connectivity index (χ3n) is 10.2. The Morgan fingerprint density at radius 2 is 1.89 bits per heavy atom. The van der Waals surface area contributed by atoms with Crippen LogP contribution in [0.4, 0.5) is 0 Å². The summed E-state index contributed by atoms with van der Waals surface area (Å²) in [5.74, 6) is 0.821. The minimum absolute atomic E-state index is 0.100. The Morgan fingerprint density at radius 1 is 1.06 bits per heavy atom. The molecule has 5 nitrogen and oxygen atoms in total. The number of unbranched alkanes of at least 4 members (excludes halogenated alkanes) is 1. The Bertz CT molecular complexity index is 2290. The number of benzene rings is 1. The Labute approximate surface area is 320 Å². The van der Waals surface area contributed by atoms with Gasteiger partial charge in [0.1, 0.15) is 11.9 Å². The molecule has 1 aliphatic heterocycles. The first kappa shape index (κ1) is 36.0. The van der Waals surface area contributed by atoms with E-state index < -0.39 is 0 Å². The van der Waals surface area contributed by atoms with Gasteiger partial charge in [-0.3, -0.25) is 9.97 Å². The van der Waals surface area contributed by atoms with Gasteiger partial charge in [0.25, 0.3) is 0 Å². The molecule has 4 heterocycles. The highest BCUT2D eigenvalue weighted by Gasteiger charge is 2.39. The highest BCUT2D eigenvalue weighted by atomic mass is 16.5. The zero-order valence-electron chi connectivity index (χ0n) is 31.2. The van der Waals surface area contributed by atoms with Crippen LogP contribution in [-0.4, -0.2) is 25.5 Å². The predicted octanol–water partition coefficient (Wildman–Crippen LogP) is 11.0. The highest BCUT2D eigenvalue weighted by Crippen LogP contribution is 2.45. The summed E-state index contributed by atoms with van der Waals surface area (Å²) in [6.45, 7) is 8.74. The molecule has 2 aliphatic carbocycles. The molecule has 2 atom stereocenters. The van der Waals surface area contributed by atoms with Crippen molar-refractivity contribution in [3.63, 3.8) is 0 Å². The van der Waals surface area contributed by atoms with Crippen molar-refractivity contribution >= 4 is 0 Å². The van der Waals surface area contributed by atoms with Crippen LogP contribution in [-0.2, 0) is 12.8 Å². The summed E-state index contributed by atoms with van der Waals surface area (Å²) in [6, 6.07) is 20.4. The summed E-state index contributed by atoms with van der Waals surface area (Å²) >= 11 is 0. The maximum absolute atomic E-state index is 5.85. The molecule has 0 N–H and O–H groups in total. The fraction of sp³-hybridized carbons (Fsp3) is 0.204. The molecule has 268 valence electrons. The van der Waals surface area contributed by atoms with Crippen molar-refractivity contribution in [2.45, 2.75) is 58.4 Å². The van der Waals surface area contributed by atoms with Gasteiger partial charge in [0.15, 0.2) is 0 Å². The number of fused-ring (bicyclic) bond motifs is 2. The second kappa shape index (κ2) is 17.0. The Kier molecular flexibility index (Phi) is 11.3. The largest absolute Gasteiger partial charge is 0.408 e. The van der Waals surface area contributed by atoms with Crippen LogP contribution in [0.25, 0.3) is 16.9 Å². The van der Waals surface area contributed by atoms with Gasteiger partial charge in [0.05, 0.1) is 17.4 Å². The molecule has 0 saturated heterocycles. The molecule has 4 aromatic rings. The monoisotopic (exact) mass is 706 g/mol. The van der Waals surface area contributed by atoms with Crippen molar-refractivity contribution in [3.05, 3.63) is 197 Å². The Hall–Kier alpha value is -6.34. The van der Waals surface area contributed by atoms with Gasteiger partial charge >= 0.3 is 0 Å². The second-order valence-electron chi connectivity index (χ2n) is 13.8. The van der Waals surface area contributed by atoms with Crippen LogP contribution in [0, 0.1) is 18.4 Å². The SMILES string of the molecule is C#COc1cc(-c2ccccn2)c(-n2cccc2)cc1C/C=C(\C=C/C)N1C2=C(C=C(C)CC2)C2C=C=C(C(=C)/C=C\CCCc3ccccn3)C=CC21. The maximum atomic E-state index is 5.85. The lowest BCUT2D eigenvalue weighted by Gasteiger charge is -2.31. The average molecular weight is 707 g/mol. The number of allylic oxidation sites excluding steroid dienone is 10. The summed E-state index contributed by atoms with van der Waals surface area (Å²) in [4.78, 5) is 11.6. The van der Waals surface area contributed by atoms with Gasteiger partial charge in [-0.05, 0) is 130 Å². The van der Waals surface area contributed by atoms with Crippen LogP contribution in [0.5, 0.6) is 5.75 Å². The molecule has 0 bridgehead atoms. The number of ether oxygens (including phenoxy) is 1. The van der Waals surface area contributed by atoms with Crippen molar-refractivity contribution in [2.24, 2.45) is 5.92 Å². The third kappa shape index (κ3) is 8.01. The van der Waals surface area contributed by atoms with E-state index in [1.165, 1.54) is 16.8 Å². The van der Waals surface area contributed by atoms with Crippen molar-refractivity contribution in [2.75, 3.05) is 0 Å². The van der Waals surface area contributed by atoms with E-state index in [4.69, 9.17) is 11.2 Å². The lowest BCUT2D eigenvalue weighted by molar-refractivity contribution is 0.366. The van der Waals surface area contributed by atoms with E-state index in [9.17, 15) is 0 Å². The van der Waals surface area contributed by atoms with Crippen molar-refractivity contribution in [3.8, 4) is 35.2 Å². The molecule has 0 spiro atoms. The van der Waals surface area contributed by atoms with Gasteiger partial charge in [0, 0.05) is 64.5 Å². The van der Waals surface area contributed by atoms with E-state index in [-0.39, 0.29) is 12.0 Å². The van der Waals surface area contributed by atoms with E-state index >= 15 is 0 Å². The number of rotatable bonds is 13. The molecule has 0 fully saturated rings. The van der Waals surface area contributed by atoms with Crippen LogP contribution >= 0.6 is 0 Å². The van der Waals surface area contributed by atoms with E-state index in [0.29, 0.717) is 12.2 Å². The number of hydrogen-bond donors (Lipinski definition) is 0. The van der Waals surface area contributed by atoms with Crippen LogP contribution in [0.15, 0.2) is 186 Å². The van der Waals surface area contributed by atoms with E-state index in [1.807, 2.05) is 67.1 Å². The smallest absolute Gasteiger partial charge is 0.144 e. The summed E-state index contributed by atoms with van der Waals surface area (Å²) in [7, 11) is 0. The van der Waals surface area contributed by atoms with Crippen molar-refractivity contribution in [1.82, 2.24) is 19.4 Å². The zero-order chi connectivity index (χ0) is 37.3. The van der Waals surface area contributed by atoms with E-state index in [2.05, 4.69) is 119 Å². The van der Waals surface area contributed by atoms with Crippen LogP contribution in [0.2, 0.25) is 0 Å². The molecule has 7 rings (SSSR count). The summed E-state index contributed by atoms with van der Waals surface area (Å²) in [5.41, 5.74) is 15.9. The lowest BCUT2D eigenvalue weighted by atomic mass is 9.89. The highest BCUT2D eigenvalue weighted by molar-refractivity contribution is 5.73. The standard InChI is InChI=1S/C49H46N4O/c1-5-16-41(25-22-39-34-48(52-31-14-15-32-52)44(35-49(39)54-6-2)45-20-11-13-30-51-45)53-46-28-24-38(23-26-42(46)43-33-36(3)21-27-47(43)53)37(4)17-8-7-9-18-40-19-10-12-29-50-40/h2,5,8,10-17,19-20,24-26,28-35,42,46H,4,7,9,18,21-22,27H2,1,3H3/b16-5-,17-8-,41-25+. The number of nitrogens with zero attached hydrogens (tertiary/aromatic N) is 4. The first-order valence-corrected chi connectivity index (χ1v) is 18.8. The summed E-state index contributed by atoms with van der Waals surface area (Å²) in [6.07, 6.45) is 41.8. The van der Waals surface area contributed by atoms with Gasteiger partial charge in [-0.1, -0.05) is 67.2 Å². The maximum Gasteiger partial charge on any atom is 0.144 e. The van der Waals surface area contributed by atoms with Gasteiger partial charge in [-0.25, -0.2) is 0 Å². The topological polar surface area (TPSA) is 43.2 Å². The van der Waals surface area contributed by atoms with E-state index in [1.54, 1.807) is 6.20 Å². The molecule has 0 amide bonds. The fourth-order valence-electron chi connectivity index (χ4n) is 7.56. The number of terminal acetylenes is 1. The molecule has 5 heteroatoms. The molecule has 0 radical (unpaired) electrons. The molecule has 3 aromatic heterocycles. The van der Waals surface area contributed by atoms with Gasteiger partial charge in [0.2, 0.25) is 0 Å². The van der Waals surface area contributed by atoms with Crippen LogP contribution in [0.3, 0.4) is 0 Å². The van der Waals surface area contributed by atoms with Gasteiger partial charge in [-0.15, -0.1) is 5.73 Å². The van der Waals surface area contributed by atoms with Crippen molar-refractivity contribution < 1.29 is 4.74 Å². The van der Waals surface area contributed by atoms with Gasteiger partial charge in [-0.2, -0.15) is 0 Å². The molecule has 0 saturated carbocycles. The number of pyridine rings is 2. The van der Waals surface area contributed by atoms with Crippen molar-refractivity contribution in [1.29, 1.82) is 0 Å². The van der Waals surface area contributed by atoms with Crippen LogP contribution in [0.1, 0.15) is 50.8 Å². The predicted molar refractivity (Wildman–Crippen MR) is 220 cm³/mol. The molecule has 3 aliphatic rings. The second-order valence-corrected chi connectivity index (χ2v) is 13.8. The van der Waals surface area contributed by atoms with Crippen LogP contribution < -0.4 is 4.74 Å². The lowest BCUT2D eigenvalue weighted by Crippen LogP contribution is -2.31.